The number of hydrogen-bond donors (Lipinski definition) is 0. The molecular weight excluding hydrogens is 571 g/mol. The summed E-state index contributed by atoms with van der Waals surface area (Å²) in [4.78, 5) is 0. The van der Waals surface area contributed by atoms with E-state index in [0.717, 1.165) is 0 Å². The molecule has 0 aliphatic rings. The van der Waals surface area contributed by atoms with Gasteiger partial charge in [0.05, 0.1) is 0 Å². The van der Waals surface area contributed by atoms with Gasteiger partial charge in [-0.25, -0.2) is 0 Å². The maximum absolute atomic E-state index is 3.36. The normalized spacial score (nSPS) is 15.8. The first-order valence-corrected chi connectivity index (χ1v) is 36.0. The molecule has 0 atom stereocenters. The zero-order chi connectivity index (χ0) is 23.3. The van der Waals surface area contributed by atoms with Crippen LogP contribution in [0, 0.1) is 35.8 Å². The first-order chi connectivity index (χ1) is 11.7. The van der Waals surface area contributed by atoms with Gasteiger partial charge in [0, 0.05) is 0 Å². The molecule has 0 aromatic heterocycles. The van der Waals surface area contributed by atoms with E-state index in [-0.39, 0.29) is 0 Å². The van der Waals surface area contributed by atoms with E-state index < -0.39 is 85.2 Å². The Balaban J connectivity index is 7.30. The molecule has 0 saturated carbocycles. The average molecular weight is 625 g/mol. The van der Waals surface area contributed by atoms with Gasteiger partial charge in [0.1, 0.15) is 0 Å². The molecule has 0 fully saturated rings. The third kappa shape index (κ3) is 8.47. The standard InChI is InChI=1S/3C6H18NSi2.Nd/c3*1-8(2,3)7-9(4,5)6;/h3*1-6H3;/q3*-1;+3. The Morgan fingerprint density at radius 3 is 0.464 bits per heavy atom. The second kappa shape index (κ2) is 9.42. The second-order valence-corrected chi connectivity index (χ2v) is 59.2. The SMILES string of the molecule is C[Si](C)(C)[N]([Nd]([N]([Si](C)(C)C)[Si](C)(C)C)[N]([Si](C)(C)C)[Si](C)(C)C)[Si](C)(C)C. The summed E-state index contributed by atoms with van der Waals surface area (Å²) in [5, 5.41) is 0. The van der Waals surface area contributed by atoms with Crippen molar-refractivity contribution in [1.82, 2.24) is 0.941 Å². The van der Waals surface area contributed by atoms with Crippen LogP contribution >= 0.6 is 0 Å². The Kier molecular flexibility index (Phi) is 10.3. The maximum atomic E-state index is 3.36. The molecule has 0 aromatic carbocycles. The van der Waals surface area contributed by atoms with Gasteiger partial charge < -0.3 is 0 Å². The molecule has 10 heteroatoms. The summed E-state index contributed by atoms with van der Waals surface area (Å²) in [6.45, 7) is 47.7. The van der Waals surface area contributed by atoms with Crippen LogP contribution in [0.3, 0.4) is 0 Å². The molecule has 169 valence electrons. The van der Waals surface area contributed by atoms with Crippen molar-refractivity contribution >= 4 is 49.4 Å². The summed E-state index contributed by atoms with van der Waals surface area (Å²) in [5.74, 6) is 0. The Labute approximate surface area is 201 Å². The van der Waals surface area contributed by atoms with E-state index in [2.05, 4.69) is 119 Å². The van der Waals surface area contributed by atoms with Crippen LogP contribution in [-0.2, 0) is 0 Å². The molecule has 0 aliphatic heterocycles. The summed E-state index contributed by atoms with van der Waals surface area (Å²) in [6.07, 6.45) is 0. The van der Waals surface area contributed by atoms with Crippen molar-refractivity contribution in [3.05, 3.63) is 0 Å². The Hall–Kier alpha value is 2.53. The van der Waals surface area contributed by atoms with Gasteiger partial charge in [-0.05, 0) is 0 Å². The fourth-order valence-corrected chi connectivity index (χ4v) is 87.2. The van der Waals surface area contributed by atoms with Crippen molar-refractivity contribution in [2.75, 3.05) is 0 Å². The summed E-state index contributed by atoms with van der Waals surface area (Å²) in [6, 6.07) is 0. The van der Waals surface area contributed by atoms with E-state index >= 15 is 0 Å². The van der Waals surface area contributed by atoms with Crippen molar-refractivity contribution in [1.29, 1.82) is 0 Å². The van der Waals surface area contributed by atoms with Crippen LogP contribution in [0.5, 0.6) is 0 Å². The van der Waals surface area contributed by atoms with Gasteiger partial charge in [-0.15, -0.1) is 0 Å². The molecular formula is C18H54N3NdSi6. The first kappa shape index (κ1) is 30.5. The zero-order valence-electron chi connectivity index (χ0n) is 22.8. The molecule has 28 heavy (non-hydrogen) atoms. The van der Waals surface area contributed by atoms with Crippen molar-refractivity contribution < 1.29 is 35.8 Å². The van der Waals surface area contributed by atoms with E-state index in [9.17, 15) is 0 Å². The van der Waals surface area contributed by atoms with Crippen molar-refractivity contribution in [2.24, 2.45) is 0 Å². The van der Waals surface area contributed by atoms with Crippen molar-refractivity contribution in [3.8, 4) is 0 Å². The van der Waals surface area contributed by atoms with E-state index in [0.29, 0.717) is 0 Å². The van der Waals surface area contributed by atoms with E-state index in [1.807, 2.05) is 0 Å². The van der Waals surface area contributed by atoms with E-state index in [4.69, 9.17) is 0 Å². The van der Waals surface area contributed by atoms with Gasteiger partial charge >= 0.3 is 204 Å². The van der Waals surface area contributed by atoms with E-state index in [1.54, 1.807) is 0 Å². The zero-order valence-corrected chi connectivity index (χ0v) is 32.0. The van der Waals surface area contributed by atoms with Crippen molar-refractivity contribution in [2.45, 2.75) is 118 Å². The summed E-state index contributed by atoms with van der Waals surface area (Å²) < 4.78 is 10.1. The van der Waals surface area contributed by atoms with Crippen molar-refractivity contribution in [3.63, 3.8) is 0 Å². The molecule has 0 spiro atoms. The van der Waals surface area contributed by atoms with Crippen LogP contribution in [0.1, 0.15) is 0 Å². The molecule has 0 radical (unpaired) electrons. The molecule has 0 aromatic rings. The molecule has 0 rings (SSSR count). The third-order valence-electron chi connectivity index (χ3n) is 4.62. The van der Waals surface area contributed by atoms with Crippen LogP contribution in [0.2, 0.25) is 118 Å². The van der Waals surface area contributed by atoms with Gasteiger partial charge in [0.25, 0.3) is 0 Å². The van der Waals surface area contributed by atoms with Gasteiger partial charge in [-0.1, -0.05) is 0 Å². The molecule has 0 heterocycles. The first-order valence-electron chi connectivity index (χ1n) is 11.0. The third-order valence-corrected chi connectivity index (χ3v) is 76.2. The average Bonchev–Trinajstić information content (AvgIpc) is 2.13. The predicted molar refractivity (Wildman–Crippen MR) is 146 cm³/mol. The Morgan fingerprint density at radius 1 is 0.286 bits per heavy atom. The monoisotopic (exact) mass is 622 g/mol. The molecule has 0 unspecified atom stereocenters. The van der Waals surface area contributed by atoms with Gasteiger partial charge in [0.15, 0.2) is 0 Å². The fourth-order valence-electron chi connectivity index (χ4n) is 5.12. The minimum absolute atomic E-state index is 1.43. The summed E-state index contributed by atoms with van der Waals surface area (Å²) >= 11 is -2.51. The molecule has 0 N–H and O–H groups in total. The molecule has 0 amide bonds. The van der Waals surface area contributed by atoms with Crippen LogP contribution in [0.15, 0.2) is 0 Å². The number of nitrogens with zero attached hydrogens (tertiary/aromatic N) is 3. The minimum atomic E-state index is -2.51. The van der Waals surface area contributed by atoms with Gasteiger partial charge in [0.2, 0.25) is 0 Å². The fraction of sp³-hybridized carbons (Fsp3) is 1.00. The molecule has 3 nitrogen and oxygen atoms in total. The van der Waals surface area contributed by atoms with E-state index in [1.165, 1.54) is 0 Å². The van der Waals surface area contributed by atoms with Crippen LogP contribution in [0.4, 0.5) is 0 Å². The topological polar surface area (TPSA) is 9.72 Å². The van der Waals surface area contributed by atoms with Crippen LogP contribution < -0.4 is 0 Å². The Morgan fingerprint density at radius 2 is 0.393 bits per heavy atom. The Bertz CT molecular complexity index is 400. The molecule has 0 bridgehead atoms. The van der Waals surface area contributed by atoms with Gasteiger partial charge in [-0.3, -0.25) is 0 Å². The summed E-state index contributed by atoms with van der Waals surface area (Å²) in [5.41, 5.74) is 0. The number of rotatable bonds is 9. The quantitative estimate of drug-likeness (QED) is 0.250. The molecule has 0 saturated heterocycles. The summed E-state index contributed by atoms with van der Waals surface area (Å²) in [7, 11) is -8.58. The van der Waals surface area contributed by atoms with Crippen LogP contribution in [0.25, 0.3) is 0 Å². The molecule has 0 aliphatic carbocycles. The number of hydrogen-bond acceptors (Lipinski definition) is 3. The predicted octanol–water partition coefficient (Wildman–Crippen LogP) is 7.27. The van der Waals surface area contributed by atoms with Crippen LogP contribution in [-0.4, -0.2) is 50.4 Å². The van der Waals surface area contributed by atoms with Gasteiger partial charge in [-0.2, -0.15) is 0 Å². The second-order valence-electron chi connectivity index (χ2n) is 14.3.